The molecular weight excluding hydrogens is 258 g/mol. The molecule has 2 nitrogen and oxygen atoms in total. The van der Waals surface area contributed by atoms with Gasteiger partial charge in [-0.3, -0.25) is 9.20 Å². The third-order valence-electron chi connectivity index (χ3n) is 4.32. The second kappa shape index (κ2) is 3.61. The molecule has 2 heterocycles. The molecule has 0 atom stereocenters. The second-order valence-electron chi connectivity index (χ2n) is 5.44. The Morgan fingerprint density at radius 3 is 2.24 bits per heavy atom. The Labute approximate surface area is 120 Å². The van der Waals surface area contributed by atoms with Crippen LogP contribution >= 0.6 is 0 Å². The average molecular weight is 269 g/mol. The first kappa shape index (κ1) is 10.9. The zero-order chi connectivity index (χ0) is 14.0. The quantitative estimate of drug-likeness (QED) is 0.413. The molecule has 5 rings (SSSR count). The normalized spacial score (nSPS) is 12.0. The van der Waals surface area contributed by atoms with Crippen LogP contribution in [-0.2, 0) is 0 Å². The Bertz CT molecular complexity index is 1200. The number of benzene rings is 3. The Morgan fingerprint density at radius 2 is 1.38 bits per heavy atom. The van der Waals surface area contributed by atoms with Crippen molar-refractivity contribution in [3.63, 3.8) is 0 Å². The predicted octanol–water partition coefficient (Wildman–Crippen LogP) is 4.20. The van der Waals surface area contributed by atoms with Gasteiger partial charge in [0, 0.05) is 21.5 Å². The third-order valence-corrected chi connectivity index (χ3v) is 4.32. The Morgan fingerprint density at radius 1 is 0.667 bits per heavy atom. The summed E-state index contributed by atoms with van der Waals surface area (Å²) in [6.45, 7) is 0. The molecule has 0 spiro atoms. The Hall–Kier alpha value is -2.87. The predicted molar refractivity (Wildman–Crippen MR) is 87.4 cm³/mol. The van der Waals surface area contributed by atoms with E-state index in [1.165, 1.54) is 0 Å². The molecule has 0 saturated heterocycles. The summed E-state index contributed by atoms with van der Waals surface area (Å²) in [5.41, 5.74) is 2.03. The average Bonchev–Trinajstić information content (AvgIpc) is 2.92. The van der Waals surface area contributed by atoms with Crippen molar-refractivity contribution >= 4 is 38.0 Å². The summed E-state index contributed by atoms with van der Waals surface area (Å²) < 4.78 is 1.84. The summed E-state index contributed by atoms with van der Waals surface area (Å²) in [4.78, 5) is 12.9. The van der Waals surface area contributed by atoms with Crippen LogP contribution in [0, 0.1) is 0 Å². The van der Waals surface area contributed by atoms with Crippen LogP contribution in [0.4, 0.5) is 0 Å². The number of fused-ring (bicyclic) bond motifs is 4. The molecule has 0 amide bonds. The fraction of sp³-hybridized carbons (Fsp3) is 0. The van der Waals surface area contributed by atoms with Gasteiger partial charge < -0.3 is 0 Å². The van der Waals surface area contributed by atoms with Gasteiger partial charge in [0.05, 0.1) is 11.0 Å². The van der Waals surface area contributed by atoms with Crippen molar-refractivity contribution in [2.45, 2.75) is 0 Å². The molecule has 0 aliphatic rings. The Balaban J connectivity index is 2.27. The van der Waals surface area contributed by atoms with E-state index in [4.69, 9.17) is 0 Å². The van der Waals surface area contributed by atoms with Gasteiger partial charge in [0.25, 0.3) is 5.56 Å². The van der Waals surface area contributed by atoms with Crippen LogP contribution in [0.1, 0.15) is 0 Å². The van der Waals surface area contributed by atoms with Gasteiger partial charge in [-0.05, 0) is 23.6 Å². The molecule has 98 valence electrons. The summed E-state index contributed by atoms with van der Waals surface area (Å²) in [6, 6.07) is 22.3. The van der Waals surface area contributed by atoms with E-state index in [2.05, 4.69) is 36.4 Å². The number of hydrogen-bond acceptors (Lipinski definition) is 1. The van der Waals surface area contributed by atoms with E-state index in [0.717, 1.165) is 38.0 Å². The first-order valence-corrected chi connectivity index (χ1v) is 7.02. The molecule has 2 heteroatoms. The molecule has 0 bridgehead atoms. The van der Waals surface area contributed by atoms with Crippen LogP contribution < -0.4 is 5.56 Å². The highest BCUT2D eigenvalue weighted by Crippen LogP contribution is 2.30. The number of hydrogen-bond donors (Lipinski definition) is 0. The molecule has 0 radical (unpaired) electrons. The molecule has 5 aromatic rings. The summed E-state index contributed by atoms with van der Waals surface area (Å²) in [5.74, 6) is 0. The van der Waals surface area contributed by atoms with Crippen LogP contribution in [0.3, 0.4) is 0 Å². The summed E-state index contributed by atoms with van der Waals surface area (Å²) in [6.07, 6.45) is 0. The van der Waals surface area contributed by atoms with Crippen LogP contribution in [0.25, 0.3) is 38.0 Å². The van der Waals surface area contributed by atoms with E-state index in [1.54, 1.807) is 0 Å². The van der Waals surface area contributed by atoms with Crippen molar-refractivity contribution in [3.8, 4) is 0 Å². The lowest BCUT2D eigenvalue weighted by molar-refractivity contribution is 1.21. The standard InChI is InChI=1S/C19H11NO/c21-19-15-9-4-7-12-6-3-8-14(18(12)15)17-11-13-5-1-2-10-16(13)20(17)19/h1-11H. The first-order valence-electron chi connectivity index (χ1n) is 7.02. The minimum atomic E-state index is 0.0653. The molecule has 0 aliphatic heterocycles. The zero-order valence-electron chi connectivity index (χ0n) is 11.2. The van der Waals surface area contributed by atoms with Crippen molar-refractivity contribution in [2.24, 2.45) is 0 Å². The molecule has 0 N–H and O–H groups in total. The van der Waals surface area contributed by atoms with Gasteiger partial charge in [-0.25, -0.2) is 0 Å². The maximum absolute atomic E-state index is 12.9. The molecule has 0 fully saturated rings. The number of pyridine rings is 1. The molecule has 0 saturated carbocycles. The van der Waals surface area contributed by atoms with Gasteiger partial charge >= 0.3 is 0 Å². The maximum atomic E-state index is 12.9. The van der Waals surface area contributed by atoms with Crippen LogP contribution in [0.5, 0.6) is 0 Å². The van der Waals surface area contributed by atoms with E-state index in [0.29, 0.717) is 0 Å². The van der Waals surface area contributed by atoms with Crippen LogP contribution in [0.15, 0.2) is 71.5 Å². The lowest BCUT2D eigenvalue weighted by atomic mass is 10.0. The lowest BCUT2D eigenvalue weighted by Crippen LogP contribution is -2.12. The van der Waals surface area contributed by atoms with Crippen molar-refractivity contribution < 1.29 is 0 Å². The summed E-state index contributed by atoms with van der Waals surface area (Å²) in [5, 5.41) is 5.22. The smallest absolute Gasteiger partial charge is 0.263 e. The number of nitrogens with zero attached hydrogens (tertiary/aromatic N) is 1. The van der Waals surface area contributed by atoms with E-state index in [9.17, 15) is 4.79 Å². The van der Waals surface area contributed by atoms with Crippen molar-refractivity contribution in [1.29, 1.82) is 0 Å². The van der Waals surface area contributed by atoms with E-state index >= 15 is 0 Å². The van der Waals surface area contributed by atoms with Crippen molar-refractivity contribution in [2.75, 3.05) is 0 Å². The molecule has 3 aromatic carbocycles. The molecular formula is C19H11NO. The summed E-state index contributed by atoms with van der Waals surface area (Å²) >= 11 is 0. The molecule has 0 aliphatic carbocycles. The maximum Gasteiger partial charge on any atom is 0.263 e. The number of para-hydroxylation sites is 1. The minimum Gasteiger partial charge on any atom is -0.276 e. The fourth-order valence-electron chi connectivity index (χ4n) is 3.42. The molecule has 21 heavy (non-hydrogen) atoms. The van der Waals surface area contributed by atoms with E-state index in [-0.39, 0.29) is 5.56 Å². The van der Waals surface area contributed by atoms with Gasteiger partial charge in [-0.1, -0.05) is 48.5 Å². The van der Waals surface area contributed by atoms with Crippen molar-refractivity contribution in [3.05, 3.63) is 77.1 Å². The number of rotatable bonds is 0. The number of aromatic nitrogens is 1. The van der Waals surface area contributed by atoms with Gasteiger partial charge in [0.1, 0.15) is 0 Å². The van der Waals surface area contributed by atoms with E-state index < -0.39 is 0 Å². The highest BCUT2D eigenvalue weighted by atomic mass is 16.1. The molecule has 0 unspecified atom stereocenters. The highest BCUT2D eigenvalue weighted by molar-refractivity contribution is 6.16. The Kier molecular flexibility index (Phi) is 1.87. The van der Waals surface area contributed by atoms with Gasteiger partial charge in [-0.15, -0.1) is 0 Å². The molecule has 2 aromatic heterocycles. The SMILES string of the molecule is O=c1c2cccc3cccc(c32)c2cc3ccccc3n12. The van der Waals surface area contributed by atoms with Gasteiger partial charge in [0.2, 0.25) is 0 Å². The summed E-state index contributed by atoms with van der Waals surface area (Å²) in [7, 11) is 0. The van der Waals surface area contributed by atoms with Crippen molar-refractivity contribution in [1.82, 2.24) is 4.40 Å². The second-order valence-corrected chi connectivity index (χ2v) is 5.44. The van der Waals surface area contributed by atoms with Gasteiger partial charge in [-0.2, -0.15) is 0 Å². The van der Waals surface area contributed by atoms with E-state index in [1.807, 2.05) is 34.7 Å². The monoisotopic (exact) mass is 269 g/mol. The zero-order valence-corrected chi connectivity index (χ0v) is 11.2. The van der Waals surface area contributed by atoms with Crippen LogP contribution in [-0.4, -0.2) is 4.40 Å². The van der Waals surface area contributed by atoms with Crippen LogP contribution in [0.2, 0.25) is 0 Å². The lowest BCUT2D eigenvalue weighted by Gasteiger charge is -2.07. The third kappa shape index (κ3) is 1.24. The fourth-order valence-corrected chi connectivity index (χ4v) is 3.42. The van der Waals surface area contributed by atoms with Gasteiger partial charge in [0.15, 0.2) is 0 Å². The highest BCUT2D eigenvalue weighted by Gasteiger charge is 2.13. The first-order chi connectivity index (χ1) is 10.3. The topological polar surface area (TPSA) is 21.5 Å². The minimum absolute atomic E-state index is 0.0653. The largest absolute Gasteiger partial charge is 0.276 e.